The van der Waals surface area contributed by atoms with E-state index in [2.05, 4.69) is 20.0 Å². The summed E-state index contributed by atoms with van der Waals surface area (Å²) in [6, 6.07) is 16.1. The van der Waals surface area contributed by atoms with Gasteiger partial charge in [-0.25, -0.2) is 13.2 Å². The Morgan fingerprint density at radius 2 is 1.61 bits per heavy atom. The van der Waals surface area contributed by atoms with Crippen molar-refractivity contribution in [1.82, 2.24) is 9.97 Å². The van der Waals surface area contributed by atoms with Crippen molar-refractivity contribution in [2.24, 2.45) is 0 Å². The maximum atomic E-state index is 12.7. The van der Waals surface area contributed by atoms with Crippen LogP contribution in [0.4, 0.5) is 11.4 Å². The van der Waals surface area contributed by atoms with E-state index >= 15 is 0 Å². The maximum Gasteiger partial charge on any atom is 0.323 e. The van der Waals surface area contributed by atoms with Gasteiger partial charge in [0.1, 0.15) is 0 Å². The lowest BCUT2D eigenvalue weighted by molar-refractivity contribution is 0.102. The van der Waals surface area contributed by atoms with Gasteiger partial charge in [-0.1, -0.05) is 12.1 Å². The second-order valence-corrected chi connectivity index (χ2v) is 8.85. The second-order valence-electron chi connectivity index (χ2n) is 7.17. The largest absolute Gasteiger partial charge is 0.323 e. The molecule has 8 nitrogen and oxygen atoms in total. The molecule has 158 valence electrons. The monoisotopic (exact) mass is 436 g/mol. The number of imidazole rings is 1. The Balaban J connectivity index is 1.51. The Morgan fingerprint density at radius 1 is 0.903 bits per heavy atom. The van der Waals surface area contributed by atoms with Gasteiger partial charge in [-0.3, -0.25) is 9.52 Å². The van der Waals surface area contributed by atoms with Crippen molar-refractivity contribution in [1.29, 1.82) is 0 Å². The van der Waals surface area contributed by atoms with Crippen molar-refractivity contribution in [3.8, 4) is 0 Å². The first-order valence-corrected chi connectivity index (χ1v) is 10.9. The molecule has 0 radical (unpaired) electrons. The number of aromatic nitrogens is 2. The number of hydrogen-bond acceptors (Lipinski definition) is 4. The van der Waals surface area contributed by atoms with E-state index in [1.165, 1.54) is 30.3 Å². The molecule has 0 saturated heterocycles. The van der Waals surface area contributed by atoms with Crippen LogP contribution in [0, 0.1) is 13.8 Å². The number of fused-ring (bicyclic) bond motifs is 1. The molecule has 0 unspecified atom stereocenters. The first kappa shape index (κ1) is 20.4. The highest BCUT2D eigenvalue weighted by Crippen LogP contribution is 2.21. The summed E-state index contributed by atoms with van der Waals surface area (Å²) < 4.78 is 27.9. The van der Waals surface area contributed by atoms with E-state index in [0.29, 0.717) is 22.3 Å². The Morgan fingerprint density at radius 3 is 2.35 bits per heavy atom. The van der Waals surface area contributed by atoms with Crippen LogP contribution in [-0.4, -0.2) is 24.3 Å². The van der Waals surface area contributed by atoms with Gasteiger partial charge >= 0.3 is 5.69 Å². The predicted octanol–water partition coefficient (Wildman–Crippen LogP) is 3.53. The standard InChI is InChI=1S/C22H20N4O4S/c1-13-4-3-5-18(14(13)2)23-21(27)15-6-8-16(9-7-15)26-31(29,30)17-10-11-19-20(12-17)25-22(28)24-19/h3-12,26H,1-2H3,(H,23,27)(H2,24,25,28). The highest BCUT2D eigenvalue weighted by molar-refractivity contribution is 7.92. The third kappa shape index (κ3) is 4.22. The summed E-state index contributed by atoms with van der Waals surface area (Å²) in [5.74, 6) is -0.287. The summed E-state index contributed by atoms with van der Waals surface area (Å²) in [5.41, 5.74) is 4.00. The summed E-state index contributed by atoms with van der Waals surface area (Å²) in [6.07, 6.45) is 0. The van der Waals surface area contributed by atoms with Gasteiger partial charge in [0, 0.05) is 16.9 Å². The first-order valence-electron chi connectivity index (χ1n) is 9.45. The zero-order chi connectivity index (χ0) is 22.2. The number of nitrogens with one attached hydrogen (secondary N) is 4. The molecular weight excluding hydrogens is 416 g/mol. The van der Waals surface area contributed by atoms with Gasteiger partial charge in [-0.2, -0.15) is 0 Å². The summed E-state index contributed by atoms with van der Waals surface area (Å²) in [4.78, 5) is 29.0. The fraction of sp³-hybridized carbons (Fsp3) is 0.0909. The smallest absolute Gasteiger partial charge is 0.322 e. The third-order valence-corrected chi connectivity index (χ3v) is 6.43. The molecule has 31 heavy (non-hydrogen) atoms. The Labute approximate surface area is 178 Å². The SMILES string of the molecule is Cc1cccc(NC(=O)c2ccc(NS(=O)(=O)c3ccc4[nH]c(=O)[nH]c4c3)cc2)c1C. The van der Waals surface area contributed by atoms with Crippen molar-refractivity contribution in [3.05, 3.63) is 87.8 Å². The zero-order valence-electron chi connectivity index (χ0n) is 16.8. The van der Waals surface area contributed by atoms with Crippen LogP contribution in [0.2, 0.25) is 0 Å². The van der Waals surface area contributed by atoms with Gasteiger partial charge in [0.15, 0.2) is 0 Å². The minimum Gasteiger partial charge on any atom is -0.322 e. The number of H-pyrrole nitrogens is 2. The van der Waals surface area contributed by atoms with Crippen LogP contribution in [0.15, 0.2) is 70.4 Å². The molecule has 4 N–H and O–H groups in total. The lowest BCUT2D eigenvalue weighted by Gasteiger charge is -2.11. The maximum absolute atomic E-state index is 12.7. The number of anilines is 2. The molecule has 0 atom stereocenters. The minimum atomic E-state index is -3.87. The molecule has 1 aromatic heterocycles. The Bertz CT molecular complexity index is 1450. The number of aromatic amines is 2. The van der Waals surface area contributed by atoms with Gasteiger partial charge in [-0.05, 0) is 73.5 Å². The van der Waals surface area contributed by atoms with E-state index in [9.17, 15) is 18.0 Å². The highest BCUT2D eigenvalue weighted by Gasteiger charge is 2.16. The number of aryl methyl sites for hydroxylation is 1. The quantitative estimate of drug-likeness (QED) is 0.382. The lowest BCUT2D eigenvalue weighted by atomic mass is 10.1. The molecule has 4 rings (SSSR count). The molecule has 0 aliphatic rings. The molecule has 1 amide bonds. The first-order chi connectivity index (χ1) is 14.7. The Kier molecular flexibility index (Phi) is 5.12. The van der Waals surface area contributed by atoms with E-state index in [1.807, 2.05) is 32.0 Å². The molecule has 4 aromatic rings. The van der Waals surface area contributed by atoms with Gasteiger partial charge in [0.05, 0.1) is 15.9 Å². The van der Waals surface area contributed by atoms with E-state index in [-0.39, 0.29) is 10.8 Å². The van der Waals surface area contributed by atoms with Crippen molar-refractivity contribution in [2.45, 2.75) is 18.7 Å². The number of sulfonamides is 1. The van der Waals surface area contributed by atoms with E-state index in [1.54, 1.807) is 12.1 Å². The van der Waals surface area contributed by atoms with Crippen LogP contribution in [0.25, 0.3) is 11.0 Å². The minimum absolute atomic E-state index is 0.00647. The number of carbonyl (C=O) groups is 1. The van der Waals surface area contributed by atoms with Crippen LogP contribution < -0.4 is 15.7 Å². The van der Waals surface area contributed by atoms with Crippen LogP contribution in [0.5, 0.6) is 0 Å². The molecule has 0 fully saturated rings. The molecule has 0 bridgehead atoms. The summed E-state index contributed by atoms with van der Waals surface area (Å²) in [7, 11) is -3.87. The van der Waals surface area contributed by atoms with Gasteiger partial charge in [0.25, 0.3) is 15.9 Å². The third-order valence-electron chi connectivity index (χ3n) is 5.05. The molecule has 0 aliphatic heterocycles. The molecule has 0 spiro atoms. The molecule has 3 aromatic carbocycles. The molecule has 0 saturated carbocycles. The van der Waals surface area contributed by atoms with Crippen LogP contribution in [0.1, 0.15) is 21.5 Å². The lowest BCUT2D eigenvalue weighted by Crippen LogP contribution is -2.14. The van der Waals surface area contributed by atoms with Gasteiger partial charge < -0.3 is 15.3 Å². The predicted molar refractivity (Wildman–Crippen MR) is 120 cm³/mol. The molecular formula is C22H20N4O4S. The number of rotatable bonds is 5. The normalized spacial score (nSPS) is 11.4. The highest BCUT2D eigenvalue weighted by atomic mass is 32.2. The van der Waals surface area contributed by atoms with Crippen molar-refractivity contribution >= 4 is 38.3 Å². The molecule has 0 aliphatic carbocycles. The summed E-state index contributed by atoms with van der Waals surface area (Å²) in [5, 5.41) is 2.87. The molecule has 1 heterocycles. The van der Waals surface area contributed by atoms with Crippen LogP contribution in [0.3, 0.4) is 0 Å². The zero-order valence-corrected chi connectivity index (χ0v) is 17.6. The summed E-state index contributed by atoms with van der Waals surface area (Å²) >= 11 is 0. The number of amides is 1. The molecule has 9 heteroatoms. The topological polar surface area (TPSA) is 124 Å². The fourth-order valence-electron chi connectivity index (χ4n) is 3.16. The Hall–Kier alpha value is -3.85. The van der Waals surface area contributed by atoms with E-state index in [0.717, 1.165) is 16.8 Å². The number of carbonyl (C=O) groups excluding carboxylic acids is 1. The van der Waals surface area contributed by atoms with Gasteiger partial charge in [-0.15, -0.1) is 0 Å². The van der Waals surface area contributed by atoms with Gasteiger partial charge in [0.2, 0.25) is 0 Å². The van der Waals surface area contributed by atoms with Crippen LogP contribution in [-0.2, 0) is 10.0 Å². The van der Waals surface area contributed by atoms with Crippen molar-refractivity contribution in [2.75, 3.05) is 10.0 Å². The van der Waals surface area contributed by atoms with Crippen LogP contribution >= 0.6 is 0 Å². The number of benzene rings is 3. The average Bonchev–Trinajstić information content (AvgIpc) is 3.11. The average molecular weight is 436 g/mol. The fourth-order valence-corrected chi connectivity index (χ4v) is 4.25. The van der Waals surface area contributed by atoms with Crippen molar-refractivity contribution < 1.29 is 13.2 Å². The number of hydrogen-bond donors (Lipinski definition) is 4. The summed E-state index contributed by atoms with van der Waals surface area (Å²) in [6.45, 7) is 3.90. The van der Waals surface area contributed by atoms with Crippen molar-refractivity contribution in [3.63, 3.8) is 0 Å². The van der Waals surface area contributed by atoms with E-state index < -0.39 is 15.7 Å². The second kappa shape index (κ2) is 7.77. The van der Waals surface area contributed by atoms with E-state index in [4.69, 9.17) is 0 Å².